The minimum atomic E-state index is -7.31. The Hall–Kier alpha value is 2.94. The molecule has 0 heterocycles. The first-order chi connectivity index (χ1) is 2.83. The summed E-state index contributed by atoms with van der Waals surface area (Å²) in [6, 6.07) is 0. The molecule has 0 amide bonds. The van der Waals surface area contributed by atoms with Crippen LogP contribution in [0.25, 0.3) is 0 Å². The number of rotatable bonds is 0. The zero-order valence-electron chi connectivity index (χ0n) is 3.36. The summed E-state index contributed by atoms with van der Waals surface area (Å²) in [5.74, 6) is 0. The van der Waals surface area contributed by atoms with Gasteiger partial charge in [-0.2, -0.15) is 0 Å². The summed E-state index contributed by atoms with van der Waals surface area (Å²) in [4.78, 5) is 0. The van der Waals surface area contributed by atoms with Crippen molar-refractivity contribution in [1.29, 1.82) is 0 Å². The van der Waals surface area contributed by atoms with Gasteiger partial charge in [-0.25, -0.2) is 0 Å². The van der Waals surface area contributed by atoms with Gasteiger partial charge in [-0.05, 0) is 0 Å². The Kier molecular flexibility index (Phi) is 1.50. The fraction of sp³-hybridized carbons (Fsp3) is 0. The van der Waals surface area contributed by atoms with E-state index in [9.17, 15) is 0 Å². The topological polar surface area (TPSA) is 0 Å². The van der Waals surface area contributed by atoms with Crippen molar-refractivity contribution < 1.29 is 2.15 Å². The minimum absolute atomic E-state index is 5.06. The van der Waals surface area contributed by atoms with Gasteiger partial charge in [0.15, 0.2) is 0 Å². The van der Waals surface area contributed by atoms with Gasteiger partial charge in [0.25, 0.3) is 0 Å². The second-order valence-corrected chi connectivity index (χ2v) is 71.0. The molecular weight excluding hydrogens is 387 g/mol. The summed E-state index contributed by atoms with van der Waals surface area (Å²) >= 11 is 0. The normalized spacial score (nSPS) is 31.1. The zero-order chi connectivity index (χ0) is 8.35. The van der Waals surface area contributed by atoms with Crippen LogP contribution in [-0.4, -0.2) is 0 Å². The molecule has 0 saturated carbocycles. The molecule has 0 atom stereocenters. The van der Waals surface area contributed by atoms with E-state index in [2.05, 4.69) is 0 Å². The van der Waals surface area contributed by atoms with Crippen LogP contribution in [-0.2, 0) is 2.15 Å². The van der Waals surface area contributed by atoms with E-state index in [1.165, 1.54) is 0 Å². The maximum absolute atomic E-state index is 7.31. The fourth-order valence-electron chi connectivity index (χ4n) is 0. The standard InChI is InChI=1S/8ClH.Rh/h8*1H;/q;;;;;;;;+3/p-8. The van der Waals surface area contributed by atoms with Gasteiger partial charge < -0.3 is 0 Å². The number of hydrogen-bond acceptors (Lipinski definition) is 0. The van der Waals surface area contributed by atoms with Crippen LogP contribution >= 0.6 is 77.5 Å². The summed E-state index contributed by atoms with van der Waals surface area (Å²) in [6.45, 7) is 0. The maximum atomic E-state index is 5.06. The van der Waals surface area contributed by atoms with Gasteiger partial charge in [-0.3, -0.25) is 0 Å². The summed E-state index contributed by atoms with van der Waals surface area (Å²) in [7, 11) is 40.5. The van der Waals surface area contributed by atoms with Crippen molar-refractivity contribution in [3.8, 4) is 0 Å². The molecule has 0 spiro atoms. The van der Waals surface area contributed by atoms with Gasteiger partial charge >= 0.3 is 79.7 Å². The van der Waals surface area contributed by atoms with Crippen LogP contribution < -0.4 is 0 Å². The van der Waals surface area contributed by atoms with Gasteiger partial charge in [0.2, 0.25) is 0 Å². The predicted octanol–water partition coefficient (Wildman–Crippen LogP) is 5.51. The van der Waals surface area contributed by atoms with Crippen LogP contribution in [0, 0.1) is 0 Å². The van der Waals surface area contributed by atoms with Crippen LogP contribution in [0.3, 0.4) is 0 Å². The van der Waals surface area contributed by atoms with Crippen LogP contribution in [0.2, 0.25) is 0 Å². The van der Waals surface area contributed by atoms with E-state index in [-0.39, 0.29) is 0 Å². The van der Waals surface area contributed by atoms with E-state index in [4.69, 9.17) is 77.5 Å². The Labute approximate surface area is 78.4 Å². The van der Waals surface area contributed by atoms with Crippen molar-refractivity contribution in [1.82, 2.24) is 0 Å². The van der Waals surface area contributed by atoms with Crippen molar-refractivity contribution in [3.05, 3.63) is 0 Å². The first kappa shape index (κ1) is 11.9. The molecule has 9 heteroatoms. The molecule has 0 aliphatic heterocycles. The third-order valence-corrected chi connectivity index (χ3v) is 0. The van der Waals surface area contributed by atoms with E-state index < -0.39 is 2.15 Å². The molecule has 0 rings (SSSR count). The van der Waals surface area contributed by atoms with E-state index in [1.54, 1.807) is 0 Å². The third-order valence-electron chi connectivity index (χ3n) is 0. The number of halogens is 8. The van der Waals surface area contributed by atoms with E-state index in [0.29, 0.717) is 0 Å². The molecule has 0 aromatic heterocycles. The second kappa shape index (κ2) is 1.13. The average molecular weight is 387 g/mol. The Morgan fingerprint density at radius 3 is 0.444 bits per heavy atom. The van der Waals surface area contributed by atoms with Crippen LogP contribution in [0.5, 0.6) is 0 Å². The average Bonchev–Trinajstić information content (AvgIpc) is 0.503. The molecule has 0 fully saturated rings. The monoisotopic (exact) mass is 383 g/mol. The van der Waals surface area contributed by atoms with Crippen LogP contribution in [0.15, 0.2) is 0 Å². The fourth-order valence-corrected chi connectivity index (χ4v) is 0. The summed E-state index contributed by atoms with van der Waals surface area (Å²) in [6.07, 6.45) is 0. The molecule has 70 valence electrons. The van der Waals surface area contributed by atoms with Gasteiger partial charge in [0.1, 0.15) is 0 Å². The molecule has 0 unspecified atom stereocenters. The van der Waals surface area contributed by atoms with Crippen molar-refractivity contribution in [2.75, 3.05) is 0 Å². The van der Waals surface area contributed by atoms with Gasteiger partial charge in [-0.1, -0.05) is 0 Å². The first-order valence-electron chi connectivity index (χ1n) is 1.01. The molecular formula is Cl8Rh-5. The molecule has 0 N–H and O–H groups in total. The third kappa shape index (κ3) is 101. The molecule has 0 bridgehead atoms. The Morgan fingerprint density at radius 1 is 0.444 bits per heavy atom. The van der Waals surface area contributed by atoms with E-state index in [0.717, 1.165) is 0 Å². The van der Waals surface area contributed by atoms with Crippen molar-refractivity contribution in [2.24, 2.45) is 0 Å². The van der Waals surface area contributed by atoms with Crippen LogP contribution in [0.4, 0.5) is 0 Å². The summed E-state index contributed by atoms with van der Waals surface area (Å²) < 4.78 is -7.31. The molecule has 0 radical (unpaired) electrons. The second-order valence-electron chi connectivity index (χ2n) is 1.33. The van der Waals surface area contributed by atoms with Crippen LogP contribution in [0.1, 0.15) is 0 Å². The van der Waals surface area contributed by atoms with Crippen molar-refractivity contribution in [3.63, 3.8) is 0 Å². The summed E-state index contributed by atoms with van der Waals surface area (Å²) in [5, 5.41) is 0. The van der Waals surface area contributed by atoms with E-state index >= 15 is 0 Å². The number of hydrogen-bond donors (Lipinski definition) is 0. The summed E-state index contributed by atoms with van der Waals surface area (Å²) in [5.41, 5.74) is 0. The molecule has 0 aromatic carbocycles. The molecule has 0 saturated heterocycles. The molecule has 0 aliphatic carbocycles. The van der Waals surface area contributed by atoms with Gasteiger partial charge in [-0.15, -0.1) is 0 Å². The molecule has 0 aromatic rings. The predicted molar refractivity (Wildman–Crippen MR) is 46.8 cm³/mol. The Bertz CT molecular complexity index is 139. The molecule has 9 heavy (non-hydrogen) atoms. The first-order valence-corrected chi connectivity index (χ1v) is 17.9. The van der Waals surface area contributed by atoms with Crippen molar-refractivity contribution >= 4 is 77.5 Å². The quantitative estimate of drug-likeness (QED) is 0.481. The van der Waals surface area contributed by atoms with Crippen molar-refractivity contribution in [2.45, 2.75) is 0 Å². The SMILES string of the molecule is [Cl][Rh-5]([Cl])([Cl])([Cl])([Cl])([Cl])([Cl])[Cl]. The Balaban J connectivity index is 5.84. The van der Waals surface area contributed by atoms with E-state index in [1.807, 2.05) is 0 Å². The molecule has 0 aliphatic rings. The Morgan fingerprint density at radius 2 is 0.444 bits per heavy atom. The molecule has 0 nitrogen and oxygen atoms in total. The van der Waals surface area contributed by atoms with Gasteiger partial charge in [0.05, 0.1) is 0 Å². The zero-order valence-corrected chi connectivity index (χ0v) is 11.0. The van der Waals surface area contributed by atoms with Gasteiger partial charge in [0, 0.05) is 0 Å².